The Morgan fingerprint density at radius 3 is 3.09 bits per heavy atom. The molecule has 112 valence electrons. The molecule has 3 aromatic rings. The van der Waals surface area contributed by atoms with E-state index in [-0.39, 0.29) is 0 Å². The standard InChI is InChI=1S/C16H16ClN5/c1-2-12-7-15(22-16(20-12)18-9-19-22)21-14-8-13(14)10-4-3-5-11(17)6-10/h3-7,9,13-14,21H,2,8H2,1H3. The first-order valence-corrected chi connectivity index (χ1v) is 7.84. The van der Waals surface area contributed by atoms with Crippen LogP contribution < -0.4 is 5.32 Å². The third-order valence-electron chi connectivity index (χ3n) is 4.07. The fourth-order valence-electron chi connectivity index (χ4n) is 2.80. The van der Waals surface area contributed by atoms with Gasteiger partial charge < -0.3 is 5.32 Å². The van der Waals surface area contributed by atoms with Gasteiger partial charge in [-0.1, -0.05) is 30.7 Å². The van der Waals surface area contributed by atoms with E-state index in [0.29, 0.717) is 17.7 Å². The second-order valence-electron chi connectivity index (χ2n) is 5.61. The molecule has 1 fully saturated rings. The number of nitrogens with one attached hydrogen (secondary N) is 1. The molecule has 2 unspecified atom stereocenters. The average Bonchev–Trinajstić information content (AvgIpc) is 3.12. The maximum atomic E-state index is 6.08. The van der Waals surface area contributed by atoms with Crippen LogP contribution in [-0.4, -0.2) is 25.6 Å². The van der Waals surface area contributed by atoms with Crippen LogP contribution in [0.15, 0.2) is 36.7 Å². The van der Waals surface area contributed by atoms with Gasteiger partial charge in [0.15, 0.2) is 0 Å². The highest BCUT2D eigenvalue weighted by atomic mass is 35.5. The van der Waals surface area contributed by atoms with Crippen LogP contribution in [0.3, 0.4) is 0 Å². The van der Waals surface area contributed by atoms with Gasteiger partial charge in [0, 0.05) is 28.7 Å². The van der Waals surface area contributed by atoms with E-state index < -0.39 is 0 Å². The molecule has 1 aliphatic carbocycles. The summed E-state index contributed by atoms with van der Waals surface area (Å²) in [6.45, 7) is 2.09. The summed E-state index contributed by atoms with van der Waals surface area (Å²) >= 11 is 6.08. The molecule has 1 aromatic carbocycles. The Hall–Kier alpha value is -2.14. The van der Waals surface area contributed by atoms with Crippen LogP contribution in [0.25, 0.3) is 5.78 Å². The molecular formula is C16H16ClN5. The lowest BCUT2D eigenvalue weighted by atomic mass is 10.1. The number of aromatic nitrogens is 4. The molecule has 6 heteroatoms. The van der Waals surface area contributed by atoms with Gasteiger partial charge in [-0.05, 0) is 30.5 Å². The minimum absolute atomic E-state index is 0.401. The third kappa shape index (κ3) is 2.41. The van der Waals surface area contributed by atoms with Crippen molar-refractivity contribution in [2.75, 3.05) is 5.32 Å². The quantitative estimate of drug-likeness (QED) is 0.803. The van der Waals surface area contributed by atoms with E-state index in [9.17, 15) is 0 Å². The van der Waals surface area contributed by atoms with Crippen molar-refractivity contribution in [1.29, 1.82) is 0 Å². The summed E-state index contributed by atoms with van der Waals surface area (Å²) in [5.41, 5.74) is 2.30. The smallest absolute Gasteiger partial charge is 0.254 e. The Bertz CT molecular complexity index is 828. The SMILES string of the molecule is CCc1cc(NC2CC2c2cccc(Cl)c2)n2ncnc2n1. The van der Waals surface area contributed by atoms with Gasteiger partial charge in [0.25, 0.3) is 5.78 Å². The van der Waals surface area contributed by atoms with E-state index in [1.807, 2.05) is 18.2 Å². The number of anilines is 1. The molecule has 2 heterocycles. The second kappa shape index (κ2) is 5.25. The molecule has 2 aromatic heterocycles. The zero-order valence-corrected chi connectivity index (χ0v) is 13.0. The first-order valence-electron chi connectivity index (χ1n) is 7.46. The molecule has 1 saturated carbocycles. The zero-order valence-electron chi connectivity index (χ0n) is 12.2. The monoisotopic (exact) mass is 313 g/mol. The van der Waals surface area contributed by atoms with Crippen LogP contribution in [0, 0.1) is 0 Å². The molecule has 0 aliphatic heterocycles. The summed E-state index contributed by atoms with van der Waals surface area (Å²) in [4.78, 5) is 8.65. The number of benzene rings is 1. The van der Waals surface area contributed by atoms with Crippen LogP contribution in [0.2, 0.25) is 5.02 Å². The van der Waals surface area contributed by atoms with Crippen LogP contribution in [-0.2, 0) is 6.42 Å². The minimum Gasteiger partial charge on any atom is -0.366 e. The van der Waals surface area contributed by atoms with Crippen LogP contribution in [0.4, 0.5) is 5.82 Å². The van der Waals surface area contributed by atoms with Gasteiger partial charge in [-0.2, -0.15) is 14.6 Å². The molecule has 0 radical (unpaired) electrons. The lowest BCUT2D eigenvalue weighted by Crippen LogP contribution is -2.10. The van der Waals surface area contributed by atoms with Gasteiger partial charge in [0.05, 0.1) is 0 Å². The van der Waals surface area contributed by atoms with Crippen molar-refractivity contribution in [3.8, 4) is 0 Å². The predicted octanol–water partition coefficient (Wildman–Crippen LogP) is 3.31. The number of aryl methyl sites for hydroxylation is 1. The Kier molecular flexibility index (Phi) is 3.22. The van der Waals surface area contributed by atoms with E-state index in [0.717, 1.165) is 29.4 Å². The van der Waals surface area contributed by atoms with E-state index in [4.69, 9.17) is 11.6 Å². The maximum absolute atomic E-state index is 6.08. The van der Waals surface area contributed by atoms with Gasteiger partial charge >= 0.3 is 0 Å². The molecule has 0 spiro atoms. The highest BCUT2D eigenvalue weighted by Crippen LogP contribution is 2.43. The summed E-state index contributed by atoms with van der Waals surface area (Å²) in [5.74, 6) is 2.09. The first-order chi connectivity index (χ1) is 10.7. The second-order valence-corrected chi connectivity index (χ2v) is 6.04. The van der Waals surface area contributed by atoms with Crippen LogP contribution in [0.5, 0.6) is 0 Å². The van der Waals surface area contributed by atoms with Crippen molar-refractivity contribution >= 4 is 23.2 Å². The Labute approximate surface area is 133 Å². The number of rotatable bonds is 4. The van der Waals surface area contributed by atoms with Gasteiger partial charge in [-0.3, -0.25) is 0 Å². The molecule has 2 atom stereocenters. The molecule has 0 saturated heterocycles. The fourth-order valence-corrected chi connectivity index (χ4v) is 2.99. The highest BCUT2D eigenvalue weighted by molar-refractivity contribution is 6.30. The predicted molar refractivity (Wildman–Crippen MR) is 86.4 cm³/mol. The van der Waals surface area contributed by atoms with E-state index in [1.165, 1.54) is 11.9 Å². The summed E-state index contributed by atoms with van der Waals surface area (Å²) in [7, 11) is 0. The van der Waals surface area contributed by atoms with Crippen LogP contribution >= 0.6 is 11.6 Å². The van der Waals surface area contributed by atoms with Crippen molar-refractivity contribution in [3.05, 3.63) is 52.9 Å². The van der Waals surface area contributed by atoms with Crippen molar-refractivity contribution in [1.82, 2.24) is 19.6 Å². The molecule has 1 aliphatic rings. The Morgan fingerprint density at radius 1 is 1.36 bits per heavy atom. The Morgan fingerprint density at radius 2 is 2.27 bits per heavy atom. The molecule has 22 heavy (non-hydrogen) atoms. The van der Waals surface area contributed by atoms with Gasteiger partial charge in [-0.15, -0.1) is 0 Å². The molecule has 0 bridgehead atoms. The topological polar surface area (TPSA) is 55.1 Å². The number of nitrogens with zero attached hydrogens (tertiary/aromatic N) is 4. The molecule has 4 rings (SSSR count). The van der Waals surface area contributed by atoms with Crippen molar-refractivity contribution in [2.45, 2.75) is 31.7 Å². The molecule has 5 nitrogen and oxygen atoms in total. The first kappa shape index (κ1) is 13.5. The van der Waals surface area contributed by atoms with E-state index in [2.05, 4.69) is 39.4 Å². The van der Waals surface area contributed by atoms with Crippen molar-refractivity contribution in [3.63, 3.8) is 0 Å². The fraction of sp³-hybridized carbons (Fsp3) is 0.312. The van der Waals surface area contributed by atoms with Crippen LogP contribution in [0.1, 0.15) is 30.5 Å². The average molecular weight is 314 g/mol. The summed E-state index contributed by atoms with van der Waals surface area (Å²) in [6, 6.07) is 10.5. The minimum atomic E-state index is 0.401. The summed E-state index contributed by atoms with van der Waals surface area (Å²) < 4.78 is 1.76. The molecule has 0 amide bonds. The van der Waals surface area contributed by atoms with E-state index in [1.54, 1.807) is 4.52 Å². The van der Waals surface area contributed by atoms with Crippen molar-refractivity contribution < 1.29 is 0 Å². The largest absolute Gasteiger partial charge is 0.366 e. The number of hydrogen-bond acceptors (Lipinski definition) is 4. The summed E-state index contributed by atoms with van der Waals surface area (Å²) in [6.07, 6.45) is 3.51. The lowest BCUT2D eigenvalue weighted by molar-refractivity contribution is 0.894. The maximum Gasteiger partial charge on any atom is 0.254 e. The number of hydrogen-bond donors (Lipinski definition) is 1. The Balaban J connectivity index is 1.59. The summed E-state index contributed by atoms with van der Waals surface area (Å²) in [5, 5.41) is 8.60. The van der Waals surface area contributed by atoms with Gasteiger partial charge in [0.2, 0.25) is 0 Å². The lowest BCUT2D eigenvalue weighted by Gasteiger charge is -2.09. The molecular weight excluding hydrogens is 298 g/mol. The van der Waals surface area contributed by atoms with Gasteiger partial charge in [-0.25, -0.2) is 4.98 Å². The normalized spacial score (nSPS) is 20.3. The highest BCUT2D eigenvalue weighted by Gasteiger charge is 2.38. The number of halogens is 1. The number of fused-ring (bicyclic) bond motifs is 1. The zero-order chi connectivity index (χ0) is 15.1. The molecule has 1 N–H and O–H groups in total. The van der Waals surface area contributed by atoms with Gasteiger partial charge in [0.1, 0.15) is 12.1 Å². The van der Waals surface area contributed by atoms with E-state index >= 15 is 0 Å². The third-order valence-corrected chi connectivity index (χ3v) is 4.30. The van der Waals surface area contributed by atoms with Crippen molar-refractivity contribution in [2.24, 2.45) is 0 Å².